The van der Waals surface area contributed by atoms with Gasteiger partial charge in [-0.1, -0.05) is 0 Å². The zero-order chi connectivity index (χ0) is 8.97. The molecule has 0 radical (unpaired) electrons. The zero-order valence-electron chi connectivity index (χ0n) is 6.80. The minimum atomic E-state index is -0.474. The van der Waals surface area contributed by atoms with E-state index in [2.05, 4.69) is 10.6 Å². The van der Waals surface area contributed by atoms with E-state index in [-0.39, 0.29) is 18.4 Å². The quantitative estimate of drug-likeness (QED) is 0.408. The molecule has 0 aromatic carbocycles. The zero-order valence-corrected chi connectivity index (χ0v) is 6.80. The molecule has 1 rings (SSSR count). The molecule has 0 aromatic heterocycles. The van der Waals surface area contributed by atoms with Crippen LogP contribution in [-0.2, 0) is 9.59 Å². The molecule has 5 nitrogen and oxygen atoms in total. The number of carbonyl (C=O) groups excluding carboxylic acids is 2. The summed E-state index contributed by atoms with van der Waals surface area (Å²) in [7, 11) is 0. The van der Waals surface area contributed by atoms with E-state index in [0.717, 1.165) is 6.42 Å². The second-order valence-corrected chi connectivity index (χ2v) is 2.82. The van der Waals surface area contributed by atoms with Gasteiger partial charge >= 0.3 is 0 Å². The second-order valence-electron chi connectivity index (χ2n) is 2.82. The Bertz CT molecular complexity index is 193. The van der Waals surface area contributed by atoms with Gasteiger partial charge < -0.3 is 16.4 Å². The van der Waals surface area contributed by atoms with Gasteiger partial charge in [0.05, 0.1) is 12.6 Å². The molecule has 68 valence electrons. The lowest BCUT2D eigenvalue weighted by molar-refractivity contribution is -0.126. The lowest BCUT2D eigenvalue weighted by atomic mass is 10.1. The predicted molar refractivity (Wildman–Crippen MR) is 43.2 cm³/mol. The van der Waals surface area contributed by atoms with Gasteiger partial charge in [0.1, 0.15) is 0 Å². The third-order valence-electron chi connectivity index (χ3n) is 1.77. The predicted octanol–water partition coefficient (Wildman–Crippen LogP) is -1.66. The van der Waals surface area contributed by atoms with E-state index < -0.39 is 6.04 Å². The molecule has 0 unspecified atom stereocenters. The Morgan fingerprint density at radius 1 is 1.33 bits per heavy atom. The van der Waals surface area contributed by atoms with Crippen LogP contribution in [0, 0.1) is 0 Å². The average Bonchev–Trinajstić information content (AvgIpc) is 2.11. The van der Waals surface area contributed by atoms with Crippen molar-refractivity contribution < 1.29 is 9.59 Å². The molecule has 1 aliphatic heterocycles. The highest BCUT2D eigenvalue weighted by Crippen LogP contribution is 1.94. The van der Waals surface area contributed by atoms with Gasteiger partial charge in [-0.3, -0.25) is 9.59 Å². The highest BCUT2D eigenvalue weighted by Gasteiger charge is 2.15. The molecule has 0 bridgehead atoms. The summed E-state index contributed by atoms with van der Waals surface area (Å²) in [5.74, 6) is -0.399. The van der Waals surface area contributed by atoms with Gasteiger partial charge in [0.2, 0.25) is 11.8 Å². The largest absolute Gasteiger partial charge is 0.355 e. The van der Waals surface area contributed by atoms with Gasteiger partial charge in [0.25, 0.3) is 0 Å². The van der Waals surface area contributed by atoms with Crippen molar-refractivity contribution >= 4 is 11.8 Å². The van der Waals surface area contributed by atoms with Gasteiger partial charge in [0.15, 0.2) is 0 Å². The van der Waals surface area contributed by atoms with Gasteiger partial charge in [0, 0.05) is 6.54 Å². The summed E-state index contributed by atoms with van der Waals surface area (Å²) < 4.78 is 0. The summed E-state index contributed by atoms with van der Waals surface area (Å²) in [5.41, 5.74) is 5.51. The molecule has 0 saturated carbocycles. The van der Waals surface area contributed by atoms with Crippen LogP contribution in [0.15, 0.2) is 0 Å². The van der Waals surface area contributed by atoms with E-state index in [9.17, 15) is 9.59 Å². The van der Waals surface area contributed by atoms with Crippen molar-refractivity contribution in [2.75, 3.05) is 13.1 Å². The normalized spacial score (nSPS) is 26.2. The molecule has 0 aliphatic carbocycles. The van der Waals surface area contributed by atoms with Crippen LogP contribution < -0.4 is 16.4 Å². The van der Waals surface area contributed by atoms with Crippen LogP contribution in [0.5, 0.6) is 0 Å². The number of amides is 2. The Morgan fingerprint density at radius 3 is 2.83 bits per heavy atom. The van der Waals surface area contributed by atoms with Crippen LogP contribution in [0.1, 0.15) is 12.8 Å². The third kappa shape index (κ3) is 2.50. The van der Waals surface area contributed by atoms with Crippen molar-refractivity contribution in [1.29, 1.82) is 0 Å². The molecule has 4 N–H and O–H groups in total. The van der Waals surface area contributed by atoms with Crippen LogP contribution in [0.4, 0.5) is 0 Å². The van der Waals surface area contributed by atoms with Crippen molar-refractivity contribution in [2.24, 2.45) is 5.73 Å². The lowest BCUT2D eigenvalue weighted by Crippen LogP contribution is -2.43. The van der Waals surface area contributed by atoms with E-state index in [1.54, 1.807) is 0 Å². The fourth-order valence-corrected chi connectivity index (χ4v) is 1.04. The number of nitrogens with one attached hydrogen (secondary N) is 2. The maximum Gasteiger partial charge on any atom is 0.239 e. The van der Waals surface area contributed by atoms with Crippen molar-refractivity contribution in [3.8, 4) is 0 Å². The number of rotatable bonds is 0. The third-order valence-corrected chi connectivity index (χ3v) is 1.77. The fourth-order valence-electron chi connectivity index (χ4n) is 1.04. The molecular formula is C7H13N3O2. The topological polar surface area (TPSA) is 84.2 Å². The molecule has 1 saturated heterocycles. The Balaban J connectivity index is 2.48. The first-order chi connectivity index (χ1) is 5.70. The van der Waals surface area contributed by atoms with E-state index in [0.29, 0.717) is 13.0 Å². The first-order valence-corrected chi connectivity index (χ1v) is 4.00. The molecule has 1 aliphatic rings. The molecular weight excluding hydrogens is 158 g/mol. The van der Waals surface area contributed by atoms with Gasteiger partial charge in [-0.25, -0.2) is 0 Å². The fraction of sp³-hybridized carbons (Fsp3) is 0.714. The number of hydrogen-bond acceptors (Lipinski definition) is 3. The van der Waals surface area contributed by atoms with Crippen molar-refractivity contribution in [2.45, 2.75) is 18.9 Å². The summed E-state index contributed by atoms with van der Waals surface area (Å²) in [5, 5.41) is 5.10. The Kier molecular flexibility index (Phi) is 3.04. The number of nitrogens with two attached hydrogens (primary N) is 1. The van der Waals surface area contributed by atoms with E-state index in [1.807, 2.05) is 0 Å². The van der Waals surface area contributed by atoms with Crippen LogP contribution in [0.2, 0.25) is 0 Å². The monoisotopic (exact) mass is 171 g/mol. The summed E-state index contributed by atoms with van der Waals surface area (Å²) in [4.78, 5) is 21.9. The maximum atomic E-state index is 11.0. The molecule has 0 aromatic rings. The van der Waals surface area contributed by atoms with E-state index in [1.165, 1.54) is 0 Å². The first kappa shape index (κ1) is 8.99. The van der Waals surface area contributed by atoms with Crippen LogP contribution >= 0.6 is 0 Å². The summed E-state index contributed by atoms with van der Waals surface area (Å²) in [6.07, 6.45) is 1.37. The van der Waals surface area contributed by atoms with Gasteiger partial charge in [-0.15, -0.1) is 0 Å². The lowest BCUT2D eigenvalue weighted by Gasteiger charge is -2.07. The standard InChI is InChI=1S/C7H13N3O2/c8-5-2-1-3-9-6(11)4-10-7(5)12/h5H,1-4,8H2,(H,9,11)(H,10,12)/t5-/m0/s1. The van der Waals surface area contributed by atoms with Crippen molar-refractivity contribution in [1.82, 2.24) is 10.6 Å². The van der Waals surface area contributed by atoms with Crippen LogP contribution in [0.3, 0.4) is 0 Å². The van der Waals surface area contributed by atoms with Crippen molar-refractivity contribution in [3.05, 3.63) is 0 Å². The van der Waals surface area contributed by atoms with Gasteiger partial charge in [-0.2, -0.15) is 0 Å². The molecule has 2 amide bonds. The molecule has 1 heterocycles. The maximum absolute atomic E-state index is 11.0. The first-order valence-electron chi connectivity index (χ1n) is 4.00. The van der Waals surface area contributed by atoms with Crippen LogP contribution in [-0.4, -0.2) is 30.9 Å². The van der Waals surface area contributed by atoms with Crippen LogP contribution in [0.25, 0.3) is 0 Å². The highest BCUT2D eigenvalue weighted by atomic mass is 16.2. The molecule has 5 heteroatoms. The molecule has 12 heavy (non-hydrogen) atoms. The van der Waals surface area contributed by atoms with Gasteiger partial charge in [-0.05, 0) is 12.8 Å². The van der Waals surface area contributed by atoms with E-state index in [4.69, 9.17) is 5.73 Å². The average molecular weight is 171 g/mol. The summed E-state index contributed by atoms with van der Waals surface area (Å²) >= 11 is 0. The summed E-state index contributed by atoms with van der Waals surface area (Å²) in [6, 6.07) is -0.474. The number of hydrogen-bond donors (Lipinski definition) is 3. The van der Waals surface area contributed by atoms with E-state index >= 15 is 0 Å². The Labute approximate surface area is 70.7 Å². The second kappa shape index (κ2) is 4.06. The SMILES string of the molecule is N[C@H]1CCCNC(=O)CNC1=O. The minimum Gasteiger partial charge on any atom is -0.355 e. The molecule has 0 spiro atoms. The summed E-state index contributed by atoms with van der Waals surface area (Å²) in [6.45, 7) is 0.633. The highest BCUT2D eigenvalue weighted by molar-refractivity contribution is 5.87. The Hall–Kier alpha value is -1.10. The smallest absolute Gasteiger partial charge is 0.239 e. The van der Waals surface area contributed by atoms with Crippen molar-refractivity contribution in [3.63, 3.8) is 0 Å². The molecule has 1 atom stereocenters. The minimum absolute atomic E-state index is 0.0343. The number of carbonyl (C=O) groups is 2. The molecule has 1 fully saturated rings. The Morgan fingerprint density at radius 2 is 2.08 bits per heavy atom.